The number of ether oxygens (including phenoxy) is 1. The van der Waals surface area contributed by atoms with Gasteiger partial charge >= 0.3 is 0 Å². The molecule has 1 atom stereocenters. The quantitative estimate of drug-likeness (QED) is 0.753. The van der Waals surface area contributed by atoms with E-state index in [0.717, 1.165) is 13.0 Å². The van der Waals surface area contributed by atoms with E-state index in [-0.39, 0.29) is 6.61 Å². The molecule has 1 aromatic rings. The maximum atomic E-state index is 10.5. The lowest BCUT2D eigenvalue weighted by Crippen LogP contribution is -2.24. The fourth-order valence-corrected chi connectivity index (χ4v) is 1.29. The number of carbonyl (C=O) groups excluding carboxylic acids is 1. The van der Waals surface area contributed by atoms with Crippen LogP contribution in [-0.2, 0) is 11.3 Å². The summed E-state index contributed by atoms with van der Waals surface area (Å²) in [6.07, 6.45) is 1.11. The van der Waals surface area contributed by atoms with Gasteiger partial charge in [-0.3, -0.25) is 4.79 Å². The Kier molecular flexibility index (Phi) is 5.49. The zero-order valence-corrected chi connectivity index (χ0v) is 10.4. The second-order valence-electron chi connectivity index (χ2n) is 4.09. The smallest absolute Gasteiger partial charge is 0.255 e. The number of rotatable bonds is 7. The highest BCUT2D eigenvalue weighted by Gasteiger charge is 2.00. The van der Waals surface area contributed by atoms with Crippen LogP contribution in [0.3, 0.4) is 0 Å². The maximum absolute atomic E-state index is 10.5. The van der Waals surface area contributed by atoms with Crippen LogP contribution in [0.4, 0.5) is 0 Å². The SMILES string of the molecule is CCC(C)NCc1ccc(OCC(N)=O)cc1. The van der Waals surface area contributed by atoms with Crippen molar-refractivity contribution in [1.29, 1.82) is 0 Å². The van der Waals surface area contributed by atoms with E-state index in [1.165, 1.54) is 5.56 Å². The highest BCUT2D eigenvalue weighted by atomic mass is 16.5. The summed E-state index contributed by atoms with van der Waals surface area (Å²) in [5.74, 6) is 0.198. The molecule has 0 bridgehead atoms. The van der Waals surface area contributed by atoms with E-state index in [0.29, 0.717) is 11.8 Å². The minimum atomic E-state index is -0.465. The molecule has 1 aromatic carbocycles. The van der Waals surface area contributed by atoms with Gasteiger partial charge in [0.05, 0.1) is 0 Å². The van der Waals surface area contributed by atoms with E-state index in [4.69, 9.17) is 10.5 Å². The summed E-state index contributed by atoms with van der Waals surface area (Å²) in [7, 11) is 0. The number of amides is 1. The van der Waals surface area contributed by atoms with Gasteiger partial charge in [-0.1, -0.05) is 19.1 Å². The molecule has 1 rings (SSSR count). The van der Waals surface area contributed by atoms with Gasteiger partial charge in [0.15, 0.2) is 6.61 Å². The monoisotopic (exact) mass is 236 g/mol. The van der Waals surface area contributed by atoms with Gasteiger partial charge in [-0.2, -0.15) is 0 Å². The average Bonchev–Trinajstić information content (AvgIpc) is 2.34. The predicted molar refractivity (Wildman–Crippen MR) is 67.7 cm³/mol. The number of primary amides is 1. The summed E-state index contributed by atoms with van der Waals surface area (Å²) in [5, 5.41) is 3.40. The topological polar surface area (TPSA) is 64.3 Å². The molecule has 0 heterocycles. The van der Waals surface area contributed by atoms with Crippen LogP contribution in [0.15, 0.2) is 24.3 Å². The van der Waals surface area contributed by atoms with Crippen molar-refractivity contribution >= 4 is 5.91 Å². The molecule has 94 valence electrons. The minimum Gasteiger partial charge on any atom is -0.484 e. The minimum absolute atomic E-state index is 0.0789. The summed E-state index contributed by atoms with van der Waals surface area (Å²) < 4.78 is 5.17. The Hall–Kier alpha value is -1.55. The van der Waals surface area contributed by atoms with Crippen molar-refractivity contribution in [3.8, 4) is 5.75 Å². The largest absolute Gasteiger partial charge is 0.484 e. The van der Waals surface area contributed by atoms with Gasteiger partial charge in [0, 0.05) is 12.6 Å². The van der Waals surface area contributed by atoms with E-state index >= 15 is 0 Å². The zero-order valence-electron chi connectivity index (χ0n) is 10.4. The highest BCUT2D eigenvalue weighted by molar-refractivity contribution is 5.75. The molecule has 0 spiro atoms. The standard InChI is InChI=1S/C13H20N2O2/c1-3-10(2)15-8-11-4-6-12(7-5-11)17-9-13(14)16/h4-7,10,15H,3,8-9H2,1-2H3,(H2,14,16). The molecular formula is C13H20N2O2. The van der Waals surface area contributed by atoms with Crippen LogP contribution in [0.25, 0.3) is 0 Å². The second kappa shape index (κ2) is 6.91. The molecule has 17 heavy (non-hydrogen) atoms. The third-order valence-corrected chi connectivity index (χ3v) is 2.57. The third-order valence-electron chi connectivity index (χ3n) is 2.57. The lowest BCUT2D eigenvalue weighted by molar-refractivity contribution is -0.119. The molecule has 1 amide bonds. The van der Waals surface area contributed by atoms with E-state index < -0.39 is 5.91 Å². The highest BCUT2D eigenvalue weighted by Crippen LogP contribution is 2.12. The Morgan fingerprint density at radius 3 is 2.59 bits per heavy atom. The van der Waals surface area contributed by atoms with Crippen molar-refractivity contribution in [2.24, 2.45) is 5.73 Å². The molecule has 0 aliphatic rings. The zero-order chi connectivity index (χ0) is 12.7. The molecule has 1 unspecified atom stereocenters. The fraction of sp³-hybridized carbons (Fsp3) is 0.462. The van der Waals surface area contributed by atoms with Crippen molar-refractivity contribution in [3.63, 3.8) is 0 Å². The van der Waals surface area contributed by atoms with Crippen molar-refractivity contribution in [2.45, 2.75) is 32.9 Å². The molecule has 0 aliphatic heterocycles. The van der Waals surface area contributed by atoms with Crippen molar-refractivity contribution < 1.29 is 9.53 Å². The summed E-state index contributed by atoms with van der Waals surface area (Å²) >= 11 is 0. The number of nitrogens with two attached hydrogens (primary N) is 1. The molecule has 0 radical (unpaired) electrons. The third kappa shape index (κ3) is 5.36. The lowest BCUT2D eigenvalue weighted by Gasteiger charge is -2.11. The van der Waals surface area contributed by atoms with Crippen LogP contribution in [0.5, 0.6) is 5.75 Å². The van der Waals surface area contributed by atoms with Crippen LogP contribution >= 0.6 is 0 Å². The Bertz CT molecular complexity index is 349. The van der Waals surface area contributed by atoms with E-state index in [1.54, 1.807) is 0 Å². The number of benzene rings is 1. The second-order valence-corrected chi connectivity index (χ2v) is 4.09. The molecule has 0 saturated heterocycles. The fourth-order valence-electron chi connectivity index (χ4n) is 1.29. The predicted octanol–water partition coefficient (Wildman–Crippen LogP) is 1.44. The Balaban J connectivity index is 2.41. The summed E-state index contributed by atoms with van der Waals surface area (Å²) in [6.45, 7) is 5.07. The lowest BCUT2D eigenvalue weighted by atomic mass is 10.2. The Labute approximate surface area is 102 Å². The van der Waals surface area contributed by atoms with Gasteiger partial charge in [-0.25, -0.2) is 0 Å². The van der Waals surface area contributed by atoms with Crippen LogP contribution in [0, 0.1) is 0 Å². The average molecular weight is 236 g/mol. The number of carbonyl (C=O) groups is 1. The van der Waals surface area contributed by atoms with Crippen LogP contribution in [0.2, 0.25) is 0 Å². The molecular weight excluding hydrogens is 216 g/mol. The number of nitrogens with one attached hydrogen (secondary N) is 1. The first-order chi connectivity index (χ1) is 8.11. The Morgan fingerprint density at radius 2 is 2.06 bits per heavy atom. The normalized spacial score (nSPS) is 12.1. The maximum Gasteiger partial charge on any atom is 0.255 e. The van der Waals surface area contributed by atoms with Crippen LogP contribution in [-0.4, -0.2) is 18.6 Å². The van der Waals surface area contributed by atoms with Gasteiger partial charge < -0.3 is 15.8 Å². The van der Waals surface area contributed by atoms with Gasteiger partial charge in [-0.05, 0) is 31.0 Å². The molecule has 4 heteroatoms. The molecule has 0 aliphatic carbocycles. The van der Waals surface area contributed by atoms with Crippen LogP contribution in [0.1, 0.15) is 25.8 Å². The van der Waals surface area contributed by atoms with E-state index in [9.17, 15) is 4.79 Å². The molecule has 0 fully saturated rings. The Morgan fingerprint density at radius 1 is 1.41 bits per heavy atom. The van der Waals surface area contributed by atoms with Crippen LogP contribution < -0.4 is 15.8 Å². The first-order valence-electron chi connectivity index (χ1n) is 5.85. The first-order valence-corrected chi connectivity index (χ1v) is 5.85. The molecule has 0 saturated carbocycles. The van der Waals surface area contributed by atoms with E-state index in [1.807, 2.05) is 24.3 Å². The van der Waals surface area contributed by atoms with Gasteiger partial charge in [-0.15, -0.1) is 0 Å². The summed E-state index contributed by atoms with van der Waals surface area (Å²) in [4.78, 5) is 10.5. The first kappa shape index (κ1) is 13.5. The van der Waals surface area contributed by atoms with Crippen molar-refractivity contribution in [2.75, 3.05) is 6.61 Å². The van der Waals surface area contributed by atoms with E-state index in [2.05, 4.69) is 19.2 Å². The summed E-state index contributed by atoms with van der Waals surface area (Å²) in [6, 6.07) is 8.16. The van der Waals surface area contributed by atoms with Crippen molar-refractivity contribution in [3.05, 3.63) is 29.8 Å². The van der Waals surface area contributed by atoms with Gasteiger partial charge in [0.25, 0.3) is 5.91 Å². The van der Waals surface area contributed by atoms with Gasteiger partial charge in [0.2, 0.25) is 0 Å². The number of hydrogen-bond acceptors (Lipinski definition) is 3. The molecule has 3 N–H and O–H groups in total. The molecule has 0 aromatic heterocycles. The number of hydrogen-bond donors (Lipinski definition) is 2. The molecule has 4 nitrogen and oxygen atoms in total. The van der Waals surface area contributed by atoms with Gasteiger partial charge in [0.1, 0.15) is 5.75 Å². The van der Waals surface area contributed by atoms with Crippen molar-refractivity contribution in [1.82, 2.24) is 5.32 Å². The summed E-state index contributed by atoms with van der Waals surface area (Å²) in [5.41, 5.74) is 6.18.